The molecule has 0 saturated heterocycles. The van der Waals surface area contributed by atoms with Crippen LogP contribution in [-0.4, -0.2) is 23.8 Å². The molecule has 0 radical (unpaired) electrons. The Morgan fingerprint density at radius 2 is 2.12 bits per heavy atom. The molecule has 0 amide bonds. The zero-order valence-electron chi connectivity index (χ0n) is 10.6. The summed E-state index contributed by atoms with van der Waals surface area (Å²) in [7, 11) is 2.03. The number of aliphatic imine (C=N–C) groups is 1. The summed E-state index contributed by atoms with van der Waals surface area (Å²) in [6, 6.07) is 0.299. The van der Waals surface area contributed by atoms with Crippen LogP contribution in [0.15, 0.2) is 53.2 Å². The highest BCUT2D eigenvalue weighted by molar-refractivity contribution is 5.95. The highest BCUT2D eigenvalue weighted by atomic mass is 15.2. The second-order valence-corrected chi connectivity index (χ2v) is 4.08. The van der Waals surface area contributed by atoms with E-state index in [0.717, 1.165) is 17.1 Å². The first kappa shape index (κ1) is 12.5. The molecule has 0 aromatic heterocycles. The van der Waals surface area contributed by atoms with Gasteiger partial charge >= 0.3 is 0 Å². The number of amidine groups is 1. The van der Waals surface area contributed by atoms with E-state index in [4.69, 9.17) is 0 Å². The molecular weight excluding hydrogens is 196 g/mol. The summed E-state index contributed by atoms with van der Waals surface area (Å²) < 4.78 is 0. The molecule has 1 aliphatic heterocycles. The van der Waals surface area contributed by atoms with Gasteiger partial charge in [0.15, 0.2) is 0 Å². The average Bonchev–Trinajstić information content (AvgIpc) is 2.25. The third-order valence-corrected chi connectivity index (χ3v) is 2.78. The molecule has 1 atom stereocenters. The summed E-state index contributed by atoms with van der Waals surface area (Å²) in [6.07, 6.45) is 5.92. The minimum Gasteiger partial charge on any atom is -0.353 e. The molecule has 0 bridgehead atoms. The van der Waals surface area contributed by atoms with Crippen molar-refractivity contribution in [3.8, 4) is 0 Å². The van der Waals surface area contributed by atoms with Crippen molar-refractivity contribution < 1.29 is 0 Å². The van der Waals surface area contributed by atoms with Gasteiger partial charge in [-0.15, -0.1) is 0 Å². The standard InChI is InChI=1S/C14H20N2/c1-7-13-12(9-10(3)4)11(5)16(6)14(8-2)15-13/h7-9,11H,2-3H2,1,4-6H3/b12-9-,13-7?. The van der Waals surface area contributed by atoms with E-state index in [9.17, 15) is 0 Å². The minimum absolute atomic E-state index is 0.299. The third kappa shape index (κ3) is 2.32. The highest BCUT2D eigenvalue weighted by Gasteiger charge is 2.23. The maximum atomic E-state index is 4.56. The van der Waals surface area contributed by atoms with Crippen LogP contribution in [0, 0.1) is 0 Å². The summed E-state index contributed by atoms with van der Waals surface area (Å²) in [5.74, 6) is 0.916. The van der Waals surface area contributed by atoms with Crippen molar-refractivity contribution in [1.82, 2.24) is 4.90 Å². The lowest BCUT2D eigenvalue weighted by Gasteiger charge is -2.33. The molecule has 2 nitrogen and oxygen atoms in total. The average molecular weight is 216 g/mol. The van der Waals surface area contributed by atoms with Crippen LogP contribution in [0.2, 0.25) is 0 Å². The summed E-state index contributed by atoms with van der Waals surface area (Å²) in [6.45, 7) is 13.9. The highest BCUT2D eigenvalue weighted by Crippen LogP contribution is 2.26. The Morgan fingerprint density at radius 3 is 2.56 bits per heavy atom. The molecule has 2 heteroatoms. The smallest absolute Gasteiger partial charge is 0.128 e. The molecule has 16 heavy (non-hydrogen) atoms. The van der Waals surface area contributed by atoms with Crippen molar-refractivity contribution in [2.24, 2.45) is 4.99 Å². The van der Waals surface area contributed by atoms with E-state index in [0.29, 0.717) is 6.04 Å². The second kappa shape index (κ2) is 4.97. The van der Waals surface area contributed by atoms with Crippen molar-refractivity contribution in [1.29, 1.82) is 0 Å². The van der Waals surface area contributed by atoms with Gasteiger partial charge < -0.3 is 4.90 Å². The number of nitrogens with zero attached hydrogens (tertiary/aromatic N) is 2. The van der Waals surface area contributed by atoms with Gasteiger partial charge in [-0.25, -0.2) is 4.99 Å². The molecule has 0 aromatic carbocycles. The topological polar surface area (TPSA) is 15.6 Å². The van der Waals surface area contributed by atoms with Gasteiger partial charge in [-0.05, 0) is 32.4 Å². The monoisotopic (exact) mass is 216 g/mol. The minimum atomic E-state index is 0.299. The van der Waals surface area contributed by atoms with Gasteiger partial charge in [-0.3, -0.25) is 0 Å². The van der Waals surface area contributed by atoms with Crippen molar-refractivity contribution in [3.05, 3.63) is 48.2 Å². The van der Waals surface area contributed by atoms with Crippen LogP contribution >= 0.6 is 0 Å². The van der Waals surface area contributed by atoms with Gasteiger partial charge in [0.05, 0.1) is 11.7 Å². The fraction of sp³-hybridized carbons (Fsp3) is 0.357. The normalized spacial score (nSPS) is 25.9. The van der Waals surface area contributed by atoms with Gasteiger partial charge in [0.2, 0.25) is 0 Å². The van der Waals surface area contributed by atoms with Crippen LogP contribution in [0.3, 0.4) is 0 Å². The molecule has 1 aliphatic rings. The first-order chi connectivity index (χ1) is 7.51. The predicted molar refractivity (Wildman–Crippen MR) is 71.5 cm³/mol. The van der Waals surface area contributed by atoms with Crippen LogP contribution in [0.5, 0.6) is 0 Å². The van der Waals surface area contributed by atoms with Gasteiger partial charge in [0.25, 0.3) is 0 Å². The van der Waals surface area contributed by atoms with Crippen molar-refractivity contribution in [3.63, 3.8) is 0 Å². The van der Waals surface area contributed by atoms with Crippen LogP contribution in [0.1, 0.15) is 20.8 Å². The van der Waals surface area contributed by atoms with Gasteiger partial charge in [-0.2, -0.15) is 0 Å². The van der Waals surface area contributed by atoms with Crippen molar-refractivity contribution in [2.45, 2.75) is 26.8 Å². The molecule has 0 N–H and O–H groups in total. The van der Waals surface area contributed by atoms with Crippen LogP contribution in [-0.2, 0) is 0 Å². The Labute approximate surface area is 98.4 Å². The van der Waals surface area contributed by atoms with E-state index in [1.807, 2.05) is 27.0 Å². The number of allylic oxidation sites excluding steroid dienone is 3. The fourth-order valence-electron chi connectivity index (χ4n) is 1.77. The van der Waals surface area contributed by atoms with Crippen LogP contribution in [0.4, 0.5) is 0 Å². The Morgan fingerprint density at radius 1 is 1.50 bits per heavy atom. The molecule has 86 valence electrons. The number of rotatable bonds is 2. The Kier molecular flexibility index (Phi) is 3.88. The largest absolute Gasteiger partial charge is 0.353 e. The molecule has 0 fully saturated rings. The Hall–Kier alpha value is -1.57. The lowest BCUT2D eigenvalue weighted by atomic mass is 9.99. The summed E-state index contributed by atoms with van der Waals surface area (Å²) in [5, 5.41) is 0. The number of hydrogen-bond acceptors (Lipinski definition) is 2. The summed E-state index contributed by atoms with van der Waals surface area (Å²) in [4.78, 5) is 6.68. The van der Waals surface area contributed by atoms with Gasteiger partial charge in [0.1, 0.15) is 5.84 Å². The van der Waals surface area contributed by atoms with Crippen molar-refractivity contribution in [2.75, 3.05) is 7.05 Å². The zero-order valence-corrected chi connectivity index (χ0v) is 10.6. The molecule has 0 aromatic rings. The van der Waals surface area contributed by atoms with E-state index in [-0.39, 0.29) is 0 Å². The summed E-state index contributed by atoms with van der Waals surface area (Å²) >= 11 is 0. The first-order valence-electron chi connectivity index (χ1n) is 5.49. The second-order valence-electron chi connectivity index (χ2n) is 4.08. The lowest BCUT2D eigenvalue weighted by Crippen LogP contribution is -2.39. The van der Waals surface area contributed by atoms with E-state index >= 15 is 0 Å². The maximum Gasteiger partial charge on any atom is 0.128 e. The fourth-order valence-corrected chi connectivity index (χ4v) is 1.77. The number of likely N-dealkylation sites (N-methyl/N-ethyl adjacent to an activating group) is 1. The van der Waals surface area contributed by atoms with E-state index in [2.05, 4.69) is 36.0 Å². The Balaban J connectivity index is 3.28. The molecule has 1 unspecified atom stereocenters. The molecule has 0 spiro atoms. The van der Waals surface area contributed by atoms with Crippen molar-refractivity contribution >= 4 is 5.84 Å². The third-order valence-electron chi connectivity index (χ3n) is 2.78. The maximum absolute atomic E-state index is 4.56. The SMILES string of the molecule is C=CC1=NC(=CC)/C(=C\C(=C)C)C(C)N1C. The molecule has 1 rings (SSSR count). The van der Waals surface area contributed by atoms with E-state index in [1.165, 1.54) is 5.57 Å². The Bertz CT molecular complexity index is 397. The zero-order chi connectivity index (χ0) is 12.3. The van der Waals surface area contributed by atoms with E-state index < -0.39 is 0 Å². The quantitative estimate of drug-likeness (QED) is 0.691. The molecule has 0 aliphatic carbocycles. The lowest BCUT2D eigenvalue weighted by molar-refractivity contribution is 0.428. The predicted octanol–water partition coefficient (Wildman–Crippen LogP) is 3.31. The van der Waals surface area contributed by atoms with Crippen LogP contribution in [0.25, 0.3) is 0 Å². The molecule has 1 heterocycles. The summed E-state index contributed by atoms with van der Waals surface area (Å²) in [5.41, 5.74) is 3.28. The molecule has 0 saturated carbocycles. The van der Waals surface area contributed by atoms with E-state index in [1.54, 1.807) is 6.08 Å². The van der Waals surface area contributed by atoms with Gasteiger partial charge in [-0.1, -0.05) is 30.9 Å². The number of hydrogen-bond donors (Lipinski definition) is 0. The first-order valence-corrected chi connectivity index (χ1v) is 5.49. The van der Waals surface area contributed by atoms with Gasteiger partial charge in [0, 0.05) is 7.05 Å². The van der Waals surface area contributed by atoms with Crippen LogP contribution < -0.4 is 0 Å². The molecular formula is C14H20N2.